The highest BCUT2D eigenvalue weighted by atomic mass is 32.2. The third-order valence-corrected chi connectivity index (χ3v) is 7.14. The Labute approximate surface area is 159 Å². The van der Waals surface area contributed by atoms with E-state index in [2.05, 4.69) is 5.32 Å². The molecule has 0 aromatic heterocycles. The smallest absolute Gasteiger partial charge is 0.227 e. The Morgan fingerprint density at radius 1 is 1.07 bits per heavy atom. The normalized spacial score (nSPS) is 21.1. The molecule has 1 fully saturated rings. The molecule has 0 radical (unpaired) electrons. The quantitative estimate of drug-likeness (QED) is 0.846. The van der Waals surface area contributed by atoms with Crippen molar-refractivity contribution in [3.63, 3.8) is 0 Å². The summed E-state index contributed by atoms with van der Waals surface area (Å²) in [6.45, 7) is 1.57. The highest BCUT2D eigenvalue weighted by molar-refractivity contribution is 7.88. The van der Waals surface area contributed by atoms with Gasteiger partial charge in [0, 0.05) is 37.7 Å². The van der Waals surface area contributed by atoms with Gasteiger partial charge in [-0.25, -0.2) is 12.7 Å². The number of piperidine rings is 1. The zero-order chi connectivity index (χ0) is 19.2. The lowest BCUT2D eigenvalue weighted by Gasteiger charge is -2.35. The molecule has 0 unspecified atom stereocenters. The summed E-state index contributed by atoms with van der Waals surface area (Å²) in [5, 5.41) is 3.03. The summed E-state index contributed by atoms with van der Waals surface area (Å²) in [5.74, 6) is -0.0267. The summed E-state index contributed by atoms with van der Waals surface area (Å²) in [4.78, 5) is 26.7. The first-order chi connectivity index (χ1) is 12.8. The van der Waals surface area contributed by atoms with Crippen molar-refractivity contribution in [2.24, 2.45) is 5.92 Å². The summed E-state index contributed by atoms with van der Waals surface area (Å²) in [6.07, 6.45) is 5.39. The molecule has 0 spiro atoms. The molecule has 1 aromatic rings. The number of carbonyl (C=O) groups is 2. The first-order valence-corrected chi connectivity index (χ1v) is 11.4. The molecule has 1 N–H and O–H groups in total. The summed E-state index contributed by atoms with van der Waals surface area (Å²) >= 11 is 0. The van der Waals surface area contributed by atoms with Crippen LogP contribution >= 0.6 is 0 Å². The fourth-order valence-corrected chi connectivity index (χ4v) is 5.29. The van der Waals surface area contributed by atoms with Gasteiger partial charge in [0.25, 0.3) is 0 Å². The van der Waals surface area contributed by atoms with Crippen LogP contribution in [0.2, 0.25) is 0 Å². The van der Waals surface area contributed by atoms with Crippen LogP contribution in [0.15, 0.2) is 12.1 Å². The lowest BCUT2D eigenvalue weighted by atomic mass is 9.91. The number of hydrogen-bond acceptors (Lipinski definition) is 4. The van der Waals surface area contributed by atoms with Gasteiger partial charge in [-0.2, -0.15) is 0 Å². The second-order valence-corrected chi connectivity index (χ2v) is 9.70. The number of anilines is 2. The average Bonchev–Trinajstić information content (AvgIpc) is 2.64. The van der Waals surface area contributed by atoms with Crippen LogP contribution < -0.4 is 10.2 Å². The van der Waals surface area contributed by atoms with E-state index in [0.29, 0.717) is 38.8 Å². The van der Waals surface area contributed by atoms with Crippen molar-refractivity contribution in [3.8, 4) is 0 Å². The van der Waals surface area contributed by atoms with Crippen LogP contribution in [0.25, 0.3) is 0 Å². The lowest BCUT2D eigenvalue weighted by Crippen LogP contribution is -2.41. The molecule has 0 bridgehead atoms. The van der Waals surface area contributed by atoms with E-state index in [4.69, 9.17) is 0 Å². The molecule has 3 aliphatic heterocycles. The van der Waals surface area contributed by atoms with E-state index in [1.54, 1.807) is 0 Å². The first kappa shape index (κ1) is 18.4. The van der Waals surface area contributed by atoms with Crippen LogP contribution in [-0.4, -0.2) is 50.4 Å². The molecule has 1 saturated heterocycles. The molecule has 8 heteroatoms. The fraction of sp³-hybridized carbons (Fsp3) is 0.579. The minimum absolute atomic E-state index is 0.0464. The van der Waals surface area contributed by atoms with Gasteiger partial charge < -0.3 is 10.2 Å². The standard InChI is InChI=1S/C19H25N3O4S/c1-27(25,26)21-9-6-13(7-10-21)19(24)20-16-11-14-3-2-8-22-17(23)5-4-15(12-16)18(14)22/h11-13H,2-10H2,1H3,(H,20,24). The van der Waals surface area contributed by atoms with Crippen molar-refractivity contribution in [1.82, 2.24) is 4.31 Å². The van der Waals surface area contributed by atoms with E-state index in [1.165, 1.54) is 10.6 Å². The molecule has 3 heterocycles. The Morgan fingerprint density at radius 3 is 2.41 bits per heavy atom. The number of nitrogens with zero attached hydrogens (tertiary/aromatic N) is 2. The molecule has 0 atom stereocenters. The number of rotatable bonds is 3. The van der Waals surface area contributed by atoms with Crippen molar-refractivity contribution >= 4 is 33.2 Å². The molecule has 7 nitrogen and oxygen atoms in total. The van der Waals surface area contributed by atoms with Gasteiger partial charge in [-0.3, -0.25) is 9.59 Å². The first-order valence-electron chi connectivity index (χ1n) is 9.55. The molecule has 27 heavy (non-hydrogen) atoms. The fourth-order valence-electron chi connectivity index (χ4n) is 4.42. The molecule has 0 saturated carbocycles. The molecule has 4 rings (SSSR count). The van der Waals surface area contributed by atoms with Gasteiger partial charge in [0.05, 0.1) is 11.9 Å². The van der Waals surface area contributed by atoms with Crippen LogP contribution in [0.3, 0.4) is 0 Å². The van der Waals surface area contributed by atoms with Crippen LogP contribution in [0, 0.1) is 5.92 Å². The van der Waals surface area contributed by atoms with Crippen LogP contribution in [0.4, 0.5) is 11.4 Å². The molecule has 2 amide bonds. The van der Waals surface area contributed by atoms with Crippen LogP contribution in [0.1, 0.15) is 36.8 Å². The number of benzene rings is 1. The number of sulfonamides is 1. The Morgan fingerprint density at radius 2 is 1.74 bits per heavy atom. The summed E-state index contributed by atoms with van der Waals surface area (Å²) < 4.78 is 24.7. The van der Waals surface area contributed by atoms with E-state index in [0.717, 1.165) is 41.9 Å². The van der Waals surface area contributed by atoms with E-state index < -0.39 is 10.0 Å². The maximum atomic E-state index is 12.7. The maximum Gasteiger partial charge on any atom is 0.227 e. The second kappa shape index (κ2) is 6.91. The molecular weight excluding hydrogens is 366 g/mol. The highest BCUT2D eigenvalue weighted by Gasteiger charge is 2.31. The van der Waals surface area contributed by atoms with Crippen molar-refractivity contribution in [1.29, 1.82) is 0 Å². The molecule has 3 aliphatic rings. The number of hydrogen-bond donors (Lipinski definition) is 1. The van der Waals surface area contributed by atoms with Gasteiger partial charge in [0.15, 0.2) is 0 Å². The molecule has 1 aromatic carbocycles. The number of carbonyl (C=O) groups excluding carboxylic acids is 2. The largest absolute Gasteiger partial charge is 0.326 e. The van der Waals surface area contributed by atoms with E-state index in [-0.39, 0.29) is 17.7 Å². The predicted octanol–water partition coefficient (Wildman–Crippen LogP) is 1.52. The van der Waals surface area contributed by atoms with Gasteiger partial charge in [-0.15, -0.1) is 0 Å². The zero-order valence-electron chi connectivity index (χ0n) is 15.5. The van der Waals surface area contributed by atoms with Gasteiger partial charge in [-0.1, -0.05) is 0 Å². The van der Waals surface area contributed by atoms with E-state index in [1.807, 2.05) is 17.0 Å². The van der Waals surface area contributed by atoms with Crippen LogP contribution in [0.5, 0.6) is 0 Å². The van der Waals surface area contributed by atoms with Crippen molar-refractivity contribution in [2.75, 3.05) is 36.1 Å². The monoisotopic (exact) mass is 391 g/mol. The summed E-state index contributed by atoms with van der Waals surface area (Å²) in [5.41, 5.74) is 4.11. The zero-order valence-corrected chi connectivity index (χ0v) is 16.3. The van der Waals surface area contributed by atoms with Gasteiger partial charge in [0.1, 0.15) is 0 Å². The number of amides is 2. The minimum Gasteiger partial charge on any atom is -0.326 e. The Kier molecular flexibility index (Phi) is 4.71. The molecular formula is C19H25N3O4S. The van der Waals surface area contributed by atoms with Crippen molar-refractivity contribution < 1.29 is 18.0 Å². The third kappa shape index (κ3) is 3.60. The SMILES string of the molecule is CS(=O)(=O)N1CCC(C(=O)Nc2cc3c4c(c2)CCC(=O)N4CCC3)CC1. The Balaban J connectivity index is 1.48. The third-order valence-electron chi connectivity index (χ3n) is 5.84. The Hall–Kier alpha value is -1.93. The molecule has 146 valence electrons. The van der Waals surface area contributed by atoms with Gasteiger partial charge >= 0.3 is 0 Å². The summed E-state index contributed by atoms with van der Waals surface area (Å²) in [7, 11) is -3.19. The topological polar surface area (TPSA) is 86.8 Å². The maximum absolute atomic E-state index is 12.7. The average molecular weight is 391 g/mol. The van der Waals surface area contributed by atoms with Gasteiger partial charge in [0.2, 0.25) is 21.8 Å². The number of nitrogens with one attached hydrogen (secondary N) is 1. The second-order valence-electron chi connectivity index (χ2n) is 7.72. The summed E-state index contributed by atoms with van der Waals surface area (Å²) in [6, 6.07) is 3.99. The minimum atomic E-state index is -3.19. The number of aryl methyl sites for hydroxylation is 2. The van der Waals surface area contributed by atoms with E-state index in [9.17, 15) is 18.0 Å². The van der Waals surface area contributed by atoms with Crippen LogP contribution in [-0.2, 0) is 32.5 Å². The molecule has 0 aliphatic carbocycles. The highest BCUT2D eigenvalue weighted by Crippen LogP contribution is 2.38. The van der Waals surface area contributed by atoms with E-state index >= 15 is 0 Å². The Bertz CT molecular complexity index is 871. The van der Waals surface area contributed by atoms with Gasteiger partial charge in [-0.05, 0) is 55.4 Å². The van der Waals surface area contributed by atoms with Crippen molar-refractivity contribution in [3.05, 3.63) is 23.3 Å². The van der Waals surface area contributed by atoms with Crippen molar-refractivity contribution in [2.45, 2.75) is 38.5 Å². The lowest BCUT2D eigenvalue weighted by molar-refractivity contribution is -0.121. The predicted molar refractivity (Wildman–Crippen MR) is 103 cm³/mol.